The van der Waals surface area contributed by atoms with E-state index in [9.17, 15) is 24.3 Å². The van der Waals surface area contributed by atoms with Crippen molar-refractivity contribution in [3.63, 3.8) is 0 Å². The lowest BCUT2D eigenvalue weighted by molar-refractivity contribution is -0.686. The largest absolute Gasteiger partial charge is 0.543 e. The molecule has 0 bridgehead atoms. The van der Waals surface area contributed by atoms with E-state index >= 15 is 0 Å². The predicted octanol–water partition coefficient (Wildman–Crippen LogP) is -2.06. The van der Waals surface area contributed by atoms with Crippen molar-refractivity contribution in [1.82, 2.24) is 9.80 Å². The van der Waals surface area contributed by atoms with E-state index in [4.69, 9.17) is 5.73 Å². The van der Waals surface area contributed by atoms with Crippen LogP contribution in [0, 0.1) is 5.92 Å². The number of nitrogens with zero attached hydrogens (tertiary/aromatic N) is 3. The first-order valence-corrected chi connectivity index (χ1v) is 9.29. The van der Waals surface area contributed by atoms with Crippen molar-refractivity contribution in [2.45, 2.75) is 32.0 Å². The molecular weight excluding hydrogens is 376 g/mol. The summed E-state index contributed by atoms with van der Waals surface area (Å²) in [5, 5.41) is 11.8. The number of aliphatic carboxylic acids is 1. The van der Waals surface area contributed by atoms with E-state index in [0.717, 1.165) is 0 Å². The Hall–Kier alpha value is -3.49. The summed E-state index contributed by atoms with van der Waals surface area (Å²) in [4.78, 5) is 50.3. The van der Waals surface area contributed by atoms with Crippen molar-refractivity contribution in [3.05, 3.63) is 47.4 Å². The second kappa shape index (κ2) is 6.84. The fraction of sp³-hybridized carbons (Fsp3) is 0.350. The average Bonchev–Trinajstić information content (AvgIpc) is 3.02. The number of amides is 3. The number of carbonyl (C=O) groups is 4. The molecule has 3 amide bonds. The van der Waals surface area contributed by atoms with Crippen molar-refractivity contribution < 1.29 is 28.9 Å². The Morgan fingerprint density at radius 1 is 1.31 bits per heavy atom. The number of allylic oxidation sites excluding steroid dienone is 2. The zero-order chi connectivity index (χ0) is 20.9. The molecule has 0 spiro atoms. The third-order valence-electron chi connectivity index (χ3n) is 5.74. The van der Waals surface area contributed by atoms with Crippen molar-refractivity contribution in [2.24, 2.45) is 11.7 Å². The van der Waals surface area contributed by atoms with E-state index in [1.807, 2.05) is 0 Å². The molecule has 29 heavy (non-hydrogen) atoms. The van der Waals surface area contributed by atoms with Crippen molar-refractivity contribution in [3.8, 4) is 0 Å². The van der Waals surface area contributed by atoms with E-state index in [1.54, 1.807) is 41.1 Å². The minimum atomic E-state index is -1.42. The molecule has 2 N–H and O–H groups in total. The Kier molecular flexibility index (Phi) is 4.45. The molecule has 0 aromatic carbocycles. The number of hydrogen-bond donors (Lipinski definition) is 1. The molecule has 4 heterocycles. The van der Waals surface area contributed by atoms with Crippen LogP contribution in [0.5, 0.6) is 0 Å². The van der Waals surface area contributed by atoms with E-state index in [0.29, 0.717) is 24.2 Å². The molecule has 0 unspecified atom stereocenters. The van der Waals surface area contributed by atoms with Crippen LogP contribution in [0.2, 0.25) is 0 Å². The van der Waals surface area contributed by atoms with E-state index in [-0.39, 0.29) is 36.0 Å². The van der Waals surface area contributed by atoms with Gasteiger partial charge >= 0.3 is 0 Å². The van der Waals surface area contributed by atoms with Gasteiger partial charge in [-0.3, -0.25) is 14.4 Å². The fourth-order valence-electron chi connectivity index (χ4n) is 4.57. The summed E-state index contributed by atoms with van der Waals surface area (Å²) >= 11 is 0. The van der Waals surface area contributed by atoms with Gasteiger partial charge in [0.15, 0.2) is 6.20 Å². The zero-order valence-corrected chi connectivity index (χ0v) is 15.8. The SMILES string of the molecule is CC(=O)N1C[C@H]2CC(/C=C/c3cccc[n+]3CC(N)=O)=C(C(=O)[O-])N3C(=O)[C@@H]1[C@@H]23. The Morgan fingerprint density at radius 3 is 2.72 bits per heavy atom. The summed E-state index contributed by atoms with van der Waals surface area (Å²) < 4.78 is 1.64. The van der Waals surface area contributed by atoms with Gasteiger partial charge in [-0.2, -0.15) is 4.57 Å². The Bertz CT molecular complexity index is 998. The molecule has 3 aliphatic heterocycles. The molecule has 3 aliphatic rings. The van der Waals surface area contributed by atoms with Crippen molar-refractivity contribution >= 4 is 29.8 Å². The first-order chi connectivity index (χ1) is 13.8. The van der Waals surface area contributed by atoms with Crippen LogP contribution in [0.4, 0.5) is 0 Å². The Labute approximate surface area is 166 Å². The van der Waals surface area contributed by atoms with Crippen molar-refractivity contribution in [2.75, 3.05) is 6.54 Å². The molecular formula is C20H20N4O5. The second-order valence-electron chi connectivity index (χ2n) is 7.49. The molecule has 9 nitrogen and oxygen atoms in total. The smallest absolute Gasteiger partial charge is 0.283 e. The van der Waals surface area contributed by atoms with Crippen LogP contribution >= 0.6 is 0 Å². The third kappa shape index (κ3) is 2.98. The molecule has 2 saturated heterocycles. The number of likely N-dealkylation sites (tertiary alicyclic amines) is 1. The Morgan fingerprint density at radius 2 is 2.07 bits per heavy atom. The maximum atomic E-state index is 12.6. The topological polar surface area (TPSA) is 128 Å². The van der Waals surface area contributed by atoms with Gasteiger partial charge in [0.05, 0.1) is 17.7 Å². The summed E-state index contributed by atoms with van der Waals surface area (Å²) in [5.41, 5.74) is 6.24. The van der Waals surface area contributed by atoms with Crippen molar-refractivity contribution in [1.29, 1.82) is 0 Å². The van der Waals surface area contributed by atoms with E-state index < -0.39 is 17.9 Å². The molecule has 1 aromatic rings. The molecule has 1 aromatic heterocycles. The number of rotatable bonds is 5. The summed E-state index contributed by atoms with van der Waals surface area (Å²) in [6.07, 6.45) is 5.42. The predicted molar refractivity (Wildman–Crippen MR) is 96.8 cm³/mol. The summed E-state index contributed by atoms with van der Waals surface area (Å²) in [6, 6.07) is 4.41. The van der Waals surface area contributed by atoms with Crippen LogP contribution in [-0.2, 0) is 25.7 Å². The quantitative estimate of drug-likeness (QED) is 0.452. The van der Waals surface area contributed by atoms with Crippen LogP contribution in [0.1, 0.15) is 19.0 Å². The van der Waals surface area contributed by atoms with Crippen LogP contribution in [0.25, 0.3) is 6.08 Å². The number of hydrogen-bond acceptors (Lipinski definition) is 5. The van der Waals surface area contributed by atoms with Gasteiger partial charge < -0.3 is 25.4 Å². The third-order valence-corrected chi connectivity index (χ3v) is 5.74. The highest BCUT2D eigenvalue weighted by molar-refractivity contribution is 6.02. The minimum absolute atomic E-state index is 0.0164. The number of carboxylic acids is 1. The van der Waals surface area contributed by atoms with Gasteiger partial charge in [-0.15, -0.1) is 0 Å². The summed E-state index contributed by atoms with van der Waals surface area (Å²) in [7, 11) is 0. The molecule has 3 atom stereocenters. The summed E-state index contributed by atoms with van der Waals surface area (Å²) in [6.45, 7) is 1.81. The zero-order valence-electron chi connectivity index (χ0n) is 15.8. The number of nitrogens with two attached hydrogens (primary N) is 1. The van der Waals surface area contributed by atoms with Gasteiger partial charge in [0.1, 0.15) is 6.04 Å². The number of primary amides is 1. The standard InChI is InChI=1S/C20H20N4O5/c1-11(25)23-9-13-8-12(17(20(28)29)24-16(13)18(23)19(24)27)5-6-14-4-2-3-7-22(14)10-15(21)26/h2-7,13,16,18H,8-10H2,1H3,(H2-,21,26,28,29)/t13-,16-,18+/m1/s1. The Balaban J connectivity index is 1.69. The first-order valence-electron chi connectivity index (χ1n) is 9.29. The van der Waals surface area contributed by atoms with Gasteiger partial charge in [-0.05, 0) is 18.1 Å². The van der Waals surface area contributed by atoms with Crippen LogP contribution in [-0.4, -0.2) is 52.1 Å². The fourth-order valence-corrected chi connectivity index (χ4v) is 4.57. The molecule has 0 radical (unpaired) electrons. The highest BCUT2D eigenvalue weighted by Crippen LogP contribution is 2.47. The second-order valence-corrected chi connectivity index (χ2v) is 7.49. The normalized spacial score (nSPS) is 25.3. The van der Waals surface area contributed by atoms with E-state index in [2.05, 4.69) is 0 Å². The number of carbonyl (C=O) groups excluding carboxylic acids is 4. The van der Waals surface area contributed by atoms with Gasteiger partial charge in [-0.25, -0.2) is 0 Å². The molecule has 2 fully saturated rings. The van der Waals surface area contributed by atoms with Crippen LogP contribution < -0.4 is 15.4 Å². The lowest BCUT2D eigenvalue weighted by atomic mass is 9.79. The number of carboxylic acid groups (broad SMARTS) is 1. The molecule has 0 aliphatic carbocycles. The maximum Gasteiger partial charge on any atom is 0.283 e. The number of β-lactam (4-membered cyclic amide) rings is 1. The van der Waals surface area contributed by atoms with Gasteiger partial charge in [-0.1, -0.05) is 6.08 Å². The highest BCUT2D eigenvalue weighted by Gasteiger charge is 2.62. The minimum Gasteiger partial charge on any atom is -0.543 e. The van der Waals surface area contributed by atoms with Gasteiger partial charge in [0, 0.05) is 37.6 Å². The lowest BCUT2D eigenvalue weighted by Crippen LogP contribution is -2.69. The highest BCUT2D eigenvalue weighted by atomic mass is 16.4. The number of aromatic nitrogens is 1. The van der Waals surface area contributed by atoms with Gasteiger partial charge in [0.25, 0.3) is 11.8 Å². The van der Waals surface area contributed by atoms with Gasteiger partial charge in [0.2, 0.25) is 18.1 Å². The average molecular weight is 396 g/mol. The molecule has 9 heteroatoms. The summed E-state index contributed by atoms with van der Waals surface area (Å²) in [5.74, 6) is -2.53. The van der Waals surface area contributed by atoms with Crippen LogP contribution in [0.15, 0.2) is 41.7 Å². The van der Waals surface area contributed by atoms with Crippen LogP contribution in [0.3, 0.4) is 0 Å². The number of pyridine rings is 1. The maximum absolute atomic E-state index is 12.6. The molecule has 0 saturated carbocycles. The molecule has 150 valence electrons. The molecule has 4 rings (SSSR count). The lowest BCUT2D eigenvalue weighted by Gasteiger charge is -2.50. The first kappa shape index (κ1) is 18.9. The van der Waals surface area contributed by atoms with E-state index in [1.165, 1.54) is 16.7 Å². The monoisotopic (exact) mass is 396 g/mol.